The summed E-state index contributed by atoms with van der Waals surface area (Å²) in [5.74, 6) is 0. The summed E-state index contributed by atoms with van der Waals surface area (Å²) in [6, 6.07) is 4.69. The maximum absolute atomic E-state index is 11.7. The van der Waals surface area contributed by atoms with Crippen molar-refractivity contribution in [2.75, 3.05) is 11.5 Å². The highest BCUT2D eigenvalue weighted by molar-refractivity contribution is 7.86. The van der Waals surface area contributed by atoms with Crippen LogP contribution in [-0.2, 0) is 20.2 Å². The smallest absolute Gasteiger partial charge is 0.295 e. The lowest BCUT2D eigenvalue weighted by Gasteiger charge is -2.15. The zero-order valence-corrected chi connectivity index (χ0v) is 15.9. The van der Waals surface area contributed by atoms with Gasteiger partial charge in [0.15, 0.2) is 0 Å². The van der Waals surface area contributed by atoms with E-state index in [0.29, 0.717) is 11.1 Å². The summed E-state index contributed by atoms with van der Waals surface area (Å²) in [5, 5.41) is 0. The Kier molecular flexibility index (Phi) is 6.92. The van der Waals surface area contributed by atoms with Gasteiger partial charge in [0, 0.05) is 22.5 Å². The molecule has 146 valence electrons. The molecule has 0 radical (unpaired) electrons. The van der Waals surface area contributed by atoms with Crippen LogP contribution in [0.5, 0.6) is 0 Å². The molecule has 12 N–H and O–H groups in total. The lowest BCUT2D eigenvalue weighted by Crippen LogP contribution is -2.08. The van der Waals surface area contributed by atoms with Crippen molar-refractivity contribution < 1.29 is 25.9 Å². The maximum atomic E-state index is 11.7. The van der Waals surface area contributed by atoms with Crippen LogP contribution in [0.15, 0.2) is 34.1 Å². The summed E-state index contributed by atoms with van der Waals surface area (Å²) in [6.45, 7) is 3.17. The van der Waals surface area contributed by atoms with Crippen LogP contribution in [0.1, 0.15) is 11.1 Å². The van der Waals surface area contributed by atoms with Gasteiger partial charge in [0.05, 0.1) is 0 Å². The largest absolute Gasteiger partial charge is 0.398 e. The van der Waals surface area contributed by atoms with E-state index in [1.807, 2.05) is 0 Å². The molecule has 0 fully saturated rings. The van der Waals surface area contributed by atoms with Crippen LogP contribution in [0.3, 0.4) is 0 Å². The second-order valence-corrected chi connectivity index (χ2v) is 8.14. The quantitative estimate of drug-likeness (QED) is 0.320. The van der Waals surface area contributed by atoms with E-state index in [2.05, 4.69) is 0 Å². The Morgan fingerprint density at radius 2 is 0.962 bits per heavy atom. The fourth-order valence-electron chi connectivity index (χ4n) is 2.26. The molecular formula is C14H22N4O6S2. The van der Waals surface area contributed by atoms with Gasteiger partial charge in [-0.25, -0.2) is 0 Å². The SMILES string of the molecule is Cc1cc(-c2cc(C)c(N)cc2S(=O)(=O)O)c(S(=O)(=O)O)cc1N.N.N. The van der Waals surface area contributed by atoms with Gasteiger partial charge < -0.3 is 23.8 Å². The van der Waals surface area contributed by atoms with Crippen LogP contribution < -0.4 is 23.8 Å². The third-order valence-corrected chi connectivity index (χ3v) is 5.37. The molecular weight excluding hydrogens is 384 g/mol. The van der Waals surface area contributed by atoms with Crippen LogP contribution in [-0.4, -0.2) is 25.9 Å². The Morgan fingerprint density at radius 1 is 0.692 bits per heavy atom. The Bertz CT molecular complexity index is 964. The minimum absolute atomic E-state index is 0. The summed E-state index contributed by atoms with van der Waals surface area (Å²) in [4.78, 5) is -1.14. The van der Waals surface area contributed by atoms with Gasteiger partial charge in [0.25, 0.3) is 20.2 Å². The summed E-state index contributed by atoms with van der Waals surface area (Å²) in [5.41, 5.74) is 12.3. The number of nitrogen functional groups attached to an aromatic ring is 2. The number of rotatable bonds is 3. The fourth-order valence-corrected chi connectivity index (χ4v) is 3.70. The van der Waals surface area contributed by atoms with E-state index >= 15 is 0 Å². The molecule has 0 aliphatic heterocycles. The lowest BCUT2D eigenvalue weighted by atomic mass is 10.00. The molecule has 0 bridgehead atoms. The first-order valence-corrected chi connectivity index (χ1v) is 9.46. The molecule has 0 saturated heterocycles. The summed E-state index contributed by atoms with van der Waals surface area (Å²) in [6.07, 6.45) is 0. The molecule has 0 saturated carbocycles. The van der Waals surface area contributed by atoms with Gasteiger partial charge in [-0.1, -0.05) is 0 Å². The highest BCUT2D eigenvalue weighted by Gasteiger charge is 2.25. The van der Waals surface area contributed by atoms with Gasteiger partial charge >= 0.3 is 0 Å². The van der Waals surface area contributed by atoms with Crippen molar-refractivity contribution in [2.24, 2.45) is 0 Å². The molecule has 0 amide bonds. The predicted molar refractivity (Wildman–Crippen MR) is 99.9 cm³/mol. The Hall–Kier alpha value is -2.22. The normalized spacial score (nSPS) is 11.4. The number of hydrogen-bond donors (Lipinski definition) is 6. The molecule has 0 spiro atoms. The monoisotopic (exact) mass is 406 g/mol. The highest BCUT2D eigenvalue weighted by Crippen LogP contribution is 2.37. The molecule has 0 aliphatic carbocycles. The van der Waals surface area contributed by atoms with Crippen LogP contribution in [0.4, 0.5) is 11.4 Å². The molecule has 0 atom stereocenters. The molecule has 0 heterocycles. The van der Waals surface area contributed by atoms with Crippen LogP contribution in [0, 0.1) is 13.8 Å². The standard InChI is InChI=1S/C14H16N2O6S2.2H3N/c1-7-3-9(13(5-11(7)15)23(17,18)19)10-4-8(2)12(16)6-14(10)24(20,21)22;;/h3-6H,15-16H2,1-2H3,(H,17,18,19)(H,20,21,22);2*1H3. The van der Waals surface area contributed by atoms with E-state index < -0.39 is 30.0 Å². The third kappa shape index (κ3) is 4.49. The molecule has 0 unspecified atom stereocenters. The van der Waals surface area contributed by atoms with Crippen molar-refractivity contribution in [1.29, 1.82) is 0 Å². The Labute approximate surface area is 151 Å². The van der Waals surface area contributed by atoms with E-state index in [-0.39, 0.29) is 34.8 Å². The molecule has 2 aromatic rings. The van der Waals surface area contributed by atoms with Gasteiger partial charge in [-0.2, -0.15) is 16.8 Å². The van der Waals surface area contributed by atoms with Gasteiger partial charge in [0.1, 0.15) is 9.79 Å². The summed E-state index contributed by atoms with van der Waals surface area (Å²) in [7, 11) is -9.39. The molecule has 0 aromatic heterocycles. The van der Waals surface area contributed by atoms with Crippen molar-refractivity contribution in [1.82, 2.24) is 12.3 Å². The van der Waals surface area contributed by atoms with E-state index in [0.717, 1.165) is 12.1 Å². The summed E-state index contributed by atoms with van der Waals surface area (Å²) >= 11 is 0. The van der Waals surface area contributed by atoms with Crippen LogP contribution in [0.2, 0.25) is 0 Å². The number of nitrogens with two attached hydrogens (primary N) is 2. The maximum Gasteiger partial charge on any atom is 0.295 e. The molecule has 10 nitrogen and oxygen atoms in total. The van der Waals surface area contributed by atoms with Crippen molar-refractivity contribution in [2.45, 2.75) is 23.6 Å². The Morgan fingerprint density at radius 3 is 1.19 bits per heavy atom. The average Bonchev–Trinajstić information content (AvgIpc) is 2.41. The molecule has 2 aromatic carbocycles. The molecule has 0 aliphatic rings. The van der Waals surface area contributed by atoms with Gasteiger partial charge in [-0.3, -0.25) is 9.11 Å². The van der Waals surface area contributed by atoms with Gasteiger partial charge in [-0.05, 0) is 49.2 Å². The summed E-state index contributed by atoms with van der Waals surface area (Å²) < 4.78 is 65.6. The predicted octanol–water partition coefficient (Wildman–Crippen LogP) is 1.95. The zero-order valence-electron chi connectivity index (χ0n) is 14.2. The van der Waals surface area contributed by atoms with Crippen molar-refractivity contribution >= 4 is 31.6 Å². The van der Waals surface area contributed by atoms with Gasteiger partial charge in [0.2, 0.25) is 0 Å². The molecule has 12 heteroatoms. The number of hydrogen-bond acceptors (Lipinski definition) is 8. The second kappa shape index (κ2) is 7.57. The molecule has 2 rings (SSSR count). The lowest BCUT2D eigenvalue weighted by molar-refractivity contribution is 0.480. The van der Waals surface area contributed by atoms with E-state index in [9.17, 15) is 25.9 Å². The van der Waals surface area contributed by atoms with Gasteiger partial charge in [-0.15, -0.1) is 0 Å². The molecule has 26 heavy (non-hydrogen) atoms. The first-order chi connectivity index (χ1) is 10.8. The van der Waals surface area contributed by atoms with E-state index in [1.54, 1.807) is 13.8 Å². The van der Waals surface area contributed by atoms with Crippen molar-refractivity contribution in [3.05, 3.63) is 35.4 Å². The minimum atomic E-state index is -4.69. The fraction of sp³-hybridized carbons (Fsp3) is 0.143. The zero-order chi connectivity index (χ0) is 18.4. The van der Waals surface area contributed by atoms with Crippen molar-refractivity contribution in [3.8, 4) is 11.1 Å². The first kappa shape index (κ1) is 23.8. The Balaban J connectivity index is 0.00000312. The second-order valence-electron chi connectivity index (χ2n) is 5.36. The van der Waals surface area contributed by atoms with Crippen LogP contribution >= 0.6 is 0 Å². The highest BCUT2D eigenvalue weighted by atomic mass is 32.2. The third-order valence-electron chi connectivity index (χ3n) is 3.58. The minimum Gasteiger partial charge on any atom is -0.398 e. The van der Waals surface area contributed by atoms with E-state index in [1.165, 1.54) is 12.1 Å². The average molecular weight is 406 g/mol. The van der Waals surface area contributed by atoms with Crippen LogP contribution in [0.25, 0.3) is 11.1 Å². The van der Waals surface area contributed by atoms with Crippen molar-refractivity contribution in [3.63, 3.8) is 0 Å². The number of benzene rings is 2. The first-order valence-electron chi connectivity index (χ1n) is 6.58. The topological polar surface area (TPSA) is 231 Å². The van der Waals surface area contributed by atoms with E-state index in [4.69, 9.17) is 11.5 Å². The number of anilines is 2. The number of aryl methyl sites for hydroxylation is 2.